The number of rotatable bonds is 6. The van der Waals surface area contributed by atoms with Gasteiger partial charge < -0.3 is 0 Å². The summed E-state index contributed by atoms with van der Waals surface area (Å²) in [5, 5.41) is 0. The molecule has 0 unspecified atom stereocenters. The van der Waals surface area contributed by atoms with Crippen molar-refractivity contribution in [2.75, 3.05) is 18.0 Å². The third-order valence-electron chi connectivity index (χ3n) is 3.18. The summed E-state index contributed by atoms with van der Waals surface area (Å²) in [4.78, 5) is 16.7. The minimum Gasteiger partial charge on any atom is -0.274 e. The second-order valence-corrected chi connectivity index (χ2v) is 6.67. The Balaban J connectivity index is 2.32. The van der Waals surface area contributed by atoms with Gasteiger partial charge in [0, 0.05) is 12.6 Å². The molecule has 0 aliphatic carbocycles. The fraction of sp³-hybridized carbons (Fsp3) is 0.188. The van der Waals surface area contributed by atoms with Crippen molar-refractivity contribution in [1.82, 2.24) is 5.48 Å². The number of nitrogens with zero attached hydrogens (tertiary/aromatic N) is 1. The first-order valence-corrected chi connectivity index (χ1v) is 8.47. The quantitative estimate of drug-likeness (QED) is 0.822. The highest BCUT2D eigenvalue weighted by Crippen LogP contribution is 2.22. The third-order valence-corrected chi connectivity index (χ3v) is 4.97. The number of nitrogens with one attached hydrogen (secondary N) is 1. The van der Waals surface area contributed by atoms with Crippen LogP contribution in [0.4, 0.5) is 5.69 Å². The normalized spacial score (nSPS) is 11.0. The molecule has 0 heterocycles. The second-order valence-electron chi connectivity index (χ2n) is 4.70. The van der Waals surface area contributed by atoms with E-state index in [2.05, 4.69) is 5.48 Å². The van der Waals surface area contributed by atoms with Gasteiger partial charge in [0.05, 0.1) is 17.2 Å². The minimum atomic E-state index is -3.76. The molecule has 0 saturated carbocycles. The van der Waals surface area contributed by atoms with Crippen LogP contribution in [0, 0.1) is 0 Å². The highest BCUT2D eigenvalue weighted by molar-refractivity contribution is 7.92. The van der Waals surface area contributed by atoms with Crippen molar-refractivity contribution in [1.29, 1.82) is 0 Å². The number of hydroxylamine groups is 1. The van der Waals surface area contributed by atoms with E-state index in [0.717, 1.165) is 0 Å². The molecular weight excluding hydrogens is 316 g/mol. The molecule has 0 bridgehead atoms. The summed E-state index contributed by atoms with van der Waals surface area (Å²) in [6, 6.07) is 14.5. The Kier molecular flexibility index (Phi) is 5.36. The van der Waals surface area contributed by atoms with E-state index >= 15 is 0 Å². The molecule has 0 aromatic heterocycles. The van der Waals surface area contributed by atoms with Crippen LogP contribution in [0.1, 0.15) is 17.3 Å². The Morgan fingerprint density at radius 3 is 2.48 bits per heavy atom. The highest BCUT2D eigenvalue weighted by Gasteiger charge is 2.22. The lowest BCUT2D eigenvalue weighted by Crippen LogP contribution is -2.27. The largest absolute Gasteiger partial charge is 0.274 e. The highest BCUT2D eigenvalue weighted by atomic mass is 32.2. The van der Waals surface area contributed by atoms with Crippen LogP contribution in [0.15, 0.2) is 59.5 Å². The molecule has 2 aromatic carbocycles. The summed E-state index contributed by atoms with van der Waals surface area (Å²) in [7, 11) is -2.29. The molecule has 1 amide bonds. The molecule has 23 heavy (non-hydrogen) atoms. The van der Waals surface area contributed by atoms with Crippen LogP contribution in [0.3, 0.4) is 0 Å². The first-order chi connectivity index (χ1) is 11.0. The molecule has 0 atom stereocenters. The van der Waals surface area contributed by atoms with Crippen molar-refractivity contribution >= 4 is 21.6 Å². The van der Waals surface area contributed by atoms with Crippen LogP contribution >= 0.6 is 0 Å². The lowest BCUT2D eigenvalue weighted by Gasteiger charge is -2.19. The number of hydrogen-bond acceptors (Lipinski definition) is 4. The number of carbonyl (C=O) groups is 1. The zero-order chi connectivity index (χ0) is 16.9. The van der Waals surface area contributed by atoms with E-state index in [0.29, 0.717) is 12.3 Å². The standard InChI is InChI=1S/C16H18N2O4S/c1-3-22-17-16(19)13-8-7-11-15(12-13)23(20,21)18(2)14-9-5-4-6-10-14/h4-12H,3H2,1-2H3,(H,17,19). The summed E-state index contributed by atoms with van der Waals surface area (Å²) < 4.78 is 26.5. The maximum atomic E-state index is 12.7. The number of sulfonamides is 1. The number of carbonyl (C=O) groups excluding carboxylic acids is 1. The maximum absolute atomic E-state index is 12.7. The van der Waals surface area contributed by atoms with Crippen molar-refractivity contribution in [2.24, 2.45) is 0 Å². The van der Waals surface area contributed by atoms with Gasteiger partial charge in [0.25, 0.3) is 15.9 Å². The minimum absolute atomic E-state index is 0.0352. The Hall–Kier alpha value is -2.38. The van der Waals surface area contributed by atoms with E-state index in [9.17, 15) is 13.2 Å². The number of para-hydroxylation sites is 1. The van der Waals surface area contributed by atoms with Gasteiger partial charge in [0.2, 0.25) is 0 Å². The fourth-order valence-electron chi connectivity index (χ4n) is 1.93. The molecule has 122 valence electrons. The van der Waals surface area contributed by atoms with Gasteiger partial charge >= 0.3 is 0 Å². The number of benzene rings is 2. The van der Waals surface area contributed by atoms with E-state index in [1.807, 2.05) is 6.07 Å². The molecule has 2 rings (SSSR count). The summed E-state index contributed by atoms with van der Waals surface area (Å²) in [5.41, 5.74) is 2.99. The van der Waals surface area contributed by atoms with Gasteiger partial charge in [0.1, 0.15) is 0 Å². The van der Waals surface area contributed by atoms with Crippen molar-refractivity contribution in [3.05, 3.63) is 60.2 Å². The SMILES string of the molecule is CCONC(=O)c1cccc(S(=O)(=O)N(C)c2ccccc2)c1. The van der Waals surface area contributed by atoms with Gasteiger partial charge in [-0.25, -0.2) is 13.9 Å². The molecule has 0 radical (unpaired) electrons. The molecule has 0 aliphatic heterocycles. The Bertz CT molecular complexity index is 776. The average Bonchev–Trinajstić information content (AvgIpc) is 2.59. The van der Waals surface area contributed by atoms with Crippen molar-refractivity contribution < 1.29 is 18.0 Å². The zero-order valence-electron chi connectivity index (χ0n) is 12.9. The molecule has 0 spiro atoms. The topological polar surface area (TPSA) is 75.7 Å². The lowest BCUT2D eigenvalue weighted by molar-refractivity contribution is 0.0364. The van der Waals surface area contributed by atoms with Gasteiger partial charge in [-0.3, -0.25) is 13.9 Å². The van der Waals surface area contributed by atoms with E-state index < -0.39 is 15.9 Å². The van der Waals surface area contributed by atoms with Crippen molar-refractivity contribution in [2.45, 2.75) is 11.8 Å². The van der Waals surface area contributed by atoms with Crippen LogP contribution in [-0.4, -0.2) is 28.0 Å². The van der Waals surface area contributed by atoms with E-state index in [1.54, 1.807) is 31.2 Å². The molecule has 0 fully saturated rings. The molecule has 0 saturated heterocycles. The zero-order valence-corrected chi connectivity index (χ0v) is 13.7. The monoisotopic (exact) mass is 334 g/mol. The van der Waals surface area contributed by atoms with Crippen LogP contribution in [0.25, 0.3) is 0 Å². The predicted molar refractivity (Wildman–Crippen MR) is 87.6 cm³/mol. The first-order valence-electron chi connectivity index (χ1n) is 7.03. The lowest BCUT2D eigenvalue weighted by atomic mass is 10.2. The summed E-state index contributed by atoms with van der Waals surface area (Å²) in [6.07, 6.45) is 0. The van der Waals surface area contributed by atoms with Crippen LogP contribution in [0.5, 0.6) is 0 Å². The Morgan fingerprint density at radius 1 is 1.13 bits per heavy atom. The van der Waals surface area contributed by atoms with Crippen LogP contribution < -0.4 is 9.79 Å². The van der Waals surface area contributed by atoms with Gasteiger partial charge in [-0.05, 0) is 37.3 Å². The molecular formula is C16H18N2O4S. The number of anilines is 1. The van der Waals surface area contributed by atoms with Crippen molar-refractivity contribution in [3.8, 4) is 0 Å². The summed E-state index contributed by atoms with van der Waals surface area (Å²) >= 11 is 0. The molecule has 2 aromatic rings. The molecule has 1 N–H and O–H groups in total. The average molecular weight is 334 g/mol. The third kappa shape index (κ3) is 3.88. The Morgan fingerprint density at radius 2 is 1.83 bits per heavy atom. The van der Waals surface area contributed by atoms with Gasteiger partial charge in [-0.15, -0.1) is 0 Å². The number of hydrogen-bond donors (Lipinski definition) is 1. The Labute approximate surface area is 135 Å². The molecule has 0 aliphatic rings. The van der Waals surface area contributed by atoms with Crippen LogP contribution in [-0.2, 0) is 14.9 Å². The van der Waals surface area contributed by atoms with Crippen molar-refractivity contribution in [3.63, 3.8) is 0 Å². The van der Waals surface area contributed by atoms with Gasteiger partial charge in [-0.2, -0.15) is 0 Å². The fourth-order valence-corrected chi connectivity index (χ4v) is 3.17. The van der Waals surface area contributed by atoms with E-state index in [-0.39, 0.29) is 10.5 Å². The van der Waals surface area contributed by atoms with E-state index in [4.69, 9.17) is 4.84 Å². The summed E-state index contributed by atoms with van der Waals surface area (Å²) in [6.45, 7) is 2.05. The smallest absolute Gasteiger partial charge is 0.274 e. The maximum Gasteiger partial charge on any atom is 0.274 e. The van der Waals surface area contributed by atoms with E-state index in [1.165, 1.54) is 35.6 Å². The molecule has 7 heteroatoms. The molecule has 6 nitrogen and oxygen atoms in total. The van der Waals surface area contributed by atoms with Gasteiger partial charge in [-0.1, -0.05) is 24.3 Å². The predicted octanol–water partition coefficient (Wildman–Crippen LogP) is 2.19. The van der Waals surface area contributed by atoms with Crippen LogP contribution in [0.2, 0.25) is 0 Å². The summed E-state index contributed by atoms with van der Waals surface area (Å²) in [5.74, 6) is -0.494. The first kappa shape index (κ1) is 17.0. The number of amides is 1. The second kappa shape index (κ2) is 7.26. The van der Waals surface area contributed by atoms with Gasteiger partial charge in [0.15, 0.2) is 0 Å².